The lowest BCUT2D eigenvalue weighted by Gasteiger charge is -2.52. The van der Waals surface area contributed by atoms with E-state index in [1.165, 1.54) is 4.90 Å². The predicted octanol–water partition coefficient (Wildman–Crippen LogP) is -0.0599. The number of carbonyl (C=O) groups excluding carboxylic acids is 5. The Kier molecular flexibility index (Phi) is 6.94. The molecule has 3 aliphatic carbocycles. The van der Waals surface area contributed by atoms with Crippen molar-refractivity contribution >= 4 is 40.4 Å². The van der Waals surface area contributed by atoms with Gasteiger partial charge in [-0.2, -0.15) is 0 Å². The highest BCUT2D eigenvalue weighted by Gasteiger charge is 2.69. The van der Waals surface area contributed by atoms with E-state index in [0.29, 0.717) is 17.8 Å². The molecular formula is C29H33N5O7. The molecule has 0 aliphatic heterocycles. The maximum absolute atomic E-state index is 14.1. The van der Waals surface area contributed by atoms with Crippen molar-refractivity contribution < 1.29 is 34.2 Å². The molecule has 1 aromatic carbocycles. The number of Topliss-reactive ketones (excluding diaryl/α,β-unsaturated/α-hetero) is 4. The van der Waals surface area contributed by atoms with Crippen LogP contribution in [0.25, 0.3) is 0 Å². The van der Waals surface area contributed by atoms with Crippen molar-refractivity contribution in [2.45, 2.75) is 31.0 Å². The molecule has 0 radical (unpaired) electrons. The third-order valence-corrected chi connectivity index (χ3v) is 8.73. The summed E-state index contributed by atoms with van der Waals surface area (Å²) in [6.45, 7) is 0.302. The summed E-state index contributed by atoms with van der Waals surface area (Å²) in [5.74, 6) is -10.7. The van der Waals surface area contributed by atoms with E-state index in [-0.39, 0.29) is 29.8 Å². The number of pyridine rings is 1. The Balaban J connectivity index is 1.60. The quantitative estimate of drug-likeness (QED) is 0.273. The van der Waals surface area contributed by atoms with E-state index in [9.17, 15) is 34.2 Å². The monoisotopic (exact) mass is 563 g/mol. The van der Waals surface area contributed by atoms with Gasteiger partial charge in [-0.3, -0.25) is 33.9 Å². The SMILES string of the molecule is CN(C)c1cc(NCc2cccnc2)c(O)c2c1CC1CC3C(N(C)C)C(=O)C(C(N)=O)C(=O)C3(O)C(=O)C1C2=O. The molecular weight excluding hydrogens is 530 g/mol. The molecule has 0 saturated heterocycles. The smallest absolute Gasteiger partial charge is 0.235 e. The Morgan fingerprint density at radius 3 is 2.46 bits per heavy atom. The van der Waals surface area contributed by atoms with Crippen molar-refractivity contribution in [3.8, 4) is 5.75 Å². The van der Waals surface area contributed by atoms with Crippen LogP contribution in [0.2, 0.25) is 0 Å². The van der Waals surface area contributed by atoms with E-state index in [4.69, 9.17) is 5.73 Å². The average Bonchev–Trinajstić information content (AvgIpc) is 2.90. The number of amides is 1. The fourth-order valence-electron chi connectivity index (χ4n) is 6.89. The van der Waals surface area contributed by atoms with Gasteiger partial charge in [0.1, 0.15) is 5.75 Å². The number of nitrogens with one attached hydrogen (secondary N) is 1. The number of nitrogens with two attached hydrogens (primary N) is 1. The summed E-state index contributed by atoms with van der Waals surface area (Å²) < 4.78 is 0. The van der Waals surface area contributed by atoms with Crippen LogP contribution in [0.4, 0.5) is 11.4 Å². The van der Waals surface area contributed by atoms with Crippen LogP contribution < -0.4 is 16.0 Å². The van der Waals surface area contributed by atoms with Crippen LogP contribution in [-0.4, -0.2) is 89.0 Å². The number of anilines is 2. The van der Waals surface area contributed by atoms with Crippen molar-refractivity contribution in [3.05, 3.63) is 47.3 Å². The molecule has 5 N–H and O–H groups in total. The van der Waals surface area contributed by atoms with E-state index < -0.39 is 64.4 Å². The minimum atomic E-state index is -2.76. The molecule has 12 nitrogen and oxygen atoms in total. The highest BCUT2D eigenvalue weighted by molar-refractivity contribution is 6.32. The topological polar surface area (TPSA) is 183 Å². The summed E-state index contributed by atoms with van der Waals surface area (Å²) in [6, 6.07) is 4.21. The van der Waals surface area contributed by atoms with Gasteiger partial charge in [-0.15, -0.1) is 0 Å². The molecule has 1 heterocycles. The second-order valence-corrected chi connectivity index (χ2v) is 11.5. The van der Waals surface area contributed by atoms with Crippen molar-refractivity contribution in [1.82, 2.24) is 9.88 Å². The normalized spacial score (nSPS) is 29.1. The summed E-state index contributed by atoms with van der Waals surface area (Å²) >= 11 is 0. The van der Waals surface area contributed by atoms with Crippen LogP contribution >= 0.6 is 0 Å². The molecule has 6 unspecified atom stereocenters. The van der Waals surface area contributed by atoms with Crippen LogP contribution in [0.5, 0.6) is 5.75 Å². The first-order valence-electron chi connectivity index (χ1n) is 13.3. The molecule has 2 fully saturated rings. The van der Waals surface area contributed by atoms with E-state index in [1.807, 2.05) is 6.07 Å². The summed E-state index contributed by atoms with van der Waals surface area (Å²) in [7, 11) is 6.70. The number of aromatic hydroxyl groups is 1. The number of ketones is 4. The lowest BCUT2D eigenvalue weighted by Crippen LogP contribution is -2.74. The number of phenols is 1. The molecule has 12 heteroatoms. The Hall–Kier alpha value is -4.16. The molecule has 5 rings (SSSR count). The molecule has 1 amide bonds. The van der Waals surface area contributed by atoms with Crippen molar-refractivity contribution in [1.29, 1.82) is 0 Å². The Bertz CT molecular complexity index is 1470. The van der Waals surface area contributed by atoms with Gasteiger partial charge < -0.3 is 26.2 Å². The number of nitrogens with zero attached hydrogens (tertiary/aromatic N) is 3. The molecule has 2 saturated carbocycles. The van der Waals surface area contributed by atoms with Gasteiger partial charge in [0.2, 0.25) is 5.91 Å². The highest BCUT2D eigenvalue weighted by atomic mass is 16.3. The molecule has 41 heavy (non-hydrogen) atoms. The number of primary amides is 1. The second kappa shape index (κ2) is 10.0. The highest BCUT2D eigenvalue weighted by Crippen LogP contribution is 2.52. The zero-order valence-corrected chi connectivity index (χ0v) is 23.2. The number of phenolic OH excluding ortho intramolecular Hbond substituents is 1. The standard InChI is InChI=1S/C29H33N5O7/c1-33(2)18-10-17(32-12-13-6-5-7-31-11-13)23(35)20-15(18)8-14-9-16-22(34(3)4)25(37)21(28(30)40)27(39)29(16,41)26(38)19(14)24(20)36/h5-7,10-11,14,16,19,21-22,32,35,41H,8-9,12H2,1-4H3,(H2,30,40). The van der Waals surface area contributed by atoms with Gasteiger partial charge in [-0.1, -0.05) is 6.07 Å². The summed E-state index contributed by atoms with van der Waals surface area (Å²) in [4.78, 5) is 74.3. The van der Waals surface area contributed by atoms with E-state index in [0.717, 1.165) is 5.56 Å². The minimum absolute atomic E-state index is 0.00145. The summed E-state index contributed by atoms with van der Waals surface area (Å²) in [5, 5.41) is 26.2. The Morgan fingerprint density at radius 1 is 1.17 bits per heavy atom. The maximum Gasteiger partial charge on any atom is 0.235 e. The maximum atomic E-state index is 14.1. The van der Waals surface area contributed by atoms with Gasteiger partial charge in [0.05, 0.1) is 23.2 Å². The fraction of sp³-hybridized carbons (Fsp3) is 0.448. The molecule has 216 valence electrons. The van der Waals surface area contributed by atoms with E-state index in [1.54, 1.807) is 57.6 Å². The lowest BCUT2D eigenvalue weighted by molar-refractivity contribution is -0.181. The van der Waals surface area contributed by atoms with E-state index in [2.05, 4.69) is 10.3 Å². The predicted molar refractivity (Wildman–Crippen MR) is 147 cm³/mol. The number of rotatable bonds is 6. The van der Waals surface area contributed by atoms with Crippen molar-refractivity contribution in [2.75, 3.05) is 38.4 Å². The van der Waals surface area contributed by atoms with Crippen molar-refractivity contribution in [2.24, 2.45) is 29.4 Å². The third kappa shape index (κ3) is 4.20. The minimum Gasteiger partial charge on any atom is -0.505 e. The van der Waals surface area contributed by atoms with Crippen LogP contribution in [-0.2, 0) is 32.1 Å². The Labute approximate surface area is 236 Å². The first-order chi connectivity index (χ1) is 19.3. The van der Waals surface area contributed by atoms with Gasteiger partial charge in [-0.25, -0.2) is 0 Å². The zero-order chi connectivity index (χ0) is 30.0. The van der Waals surface area contributed by atoms with Crippen LogP contribution in [0.15, 0.2) is 30.6 Å². The zero-order valence-electron chi connectivity index (χ0n) is 23.2. The number of aromatic nitrogens is 1. The second-order valence-electron chi connectivity index (χ2n) is 11.5. The number of likely N-dealkylation sites (N-methyl/N-ethyl adjacent to an activating group) is 1. The number of hydrogen-bond acceptors (Lipinski definition) is 11. The summed E-state index contributed by atoms with van der Waals surface area (Å²) in [6.07, 6.45) is 3.49. The van der Waals surface area contributed by atoms with E-state index >= 15 is 0 Å². The van der Waals surface area contributed by atoms with Gasteiger partial charge in [0.25, 0.3) is 0 Å². The largest absolute Gasteiger partial charge is 0.505 e. The first-order valence-corrected chi connectivity index (χ1v) is 13.3. The van der Waals surface area contributed by atoms with Gasteiger partial charge in [0, 0.05) is 44.6 Å². The Morgan fingerprint density at radius 2 is 1.88 bits per heavy atom. The molecule has 2 aromatic rings. The number of carbonyl (C=O) groups is 5. The van der Waals surface area contributed by atoms with Gasteiger partial charge in [0.15, 0.2) is 34.7 Å². The number of fused-ring (bicyclic) bond motifs is 3. The number of aliphatic hydroxyl groups is 1. The number of benzene rings is 1. The third-order valence-electron chi connectivity index (χ3n) is 8.73. The van der Waals surface area contributed by atoms with Crippen LogP contribution in [0, 0.1) is 23.7 Å². The lowest BCUT2D eigenvalue weighted by atomic mass is 9.52. The summed E-state index contributed by atoms with van der Waals surface area (Å²) in [5.41, 5.74) is 4.85. The molecule has 1 aromatic heterocycles. The van der Waals surface area contributed by atoms with Crippen molar-refractivity contribution in [3.63, 3.8) is 0 Å². The van der Waals surface area contributed by atoms with Gasteiger partial charge in [-0.05, 0) is 56.1 Å². The molecule has 6 atom stereocenters. The fourth-order valence-corrected chi connectivity index (χ4v) is 6.89. The number of hydrogen-bond donors (Lipinski definition) is 4. The average molecular weight is 564 g/mol. The molecule has 0 bridgehead atoms. The first kappa shape index (κ1) is 28.4. The molecule has 0 spiro atoms. The van der Waals surface area contributed by atoms with Crippen LogP contribution in [0.3, 0.4) is 0 Å². The van der Waals surface area contributed by atoms with Gasteiger partial charge >= 0.3 is 0 Å². The molecule has 3 aliphatic rings. The van der Waals surface area contributed by atoms with Crippen LogP contribution in [0.1, 0.15) is 27.9 Å².